The van der Waals surface area contributed by atoms with E-state index in [1.807, 2.05) is 30.3 Å². The lowest BCUT2D eigenvalue weighted by atomic mass is 9.95. The first-order chi connectivity index (χ1) is 6.25. The first-order valence-electron chi connectivity index (χ1n) is 4.47. The molecule has 2 heteroatoms. The van der Waals surface area contributed by atoms with Gasteiger partial charge in [-0.1, -0.05) is 30.3 Å². The van der Waals surface area contributed by atoms with Gasteiger partial charge in [-0.2, -0.15) is 0 Å². The highest BCUT2D eigenvalue weighted by Gasteiger charge is 2.16. The van der Waals surface area contributed by atoms with Gasteiger partial charge in [-0.25, -0.2) is 0 Å². The van der Waals surface area contributed by atoms with Crippen LogP contribution in [0.15, 0.2) is 30.3 Å². The van der Waals surface area contributed by atoms with Crippen LogP contribution in [0.5, 0.6) is 0 Å². The van der Waals surface area contributed by atoms with Crippen molar-refractivity contribution in [3.63, 3.8) is 0 Å². The third-order valence-electron chi connectivity index (χ3n) is 2.16. The summed E-state index contributed by atoms with van der Waals surface area (Å²) in [5, 5.41) is 9.52. The highest BCUT2D eigenvalue weighted by atomic mass is 16.5. The van der Waals surface area contributed by atoms with Crippen molar-refractivity contribution in [2.24, 2.45) is 0 Å². The number of ether oxygens (including phenoxy) is 1. The monoisotopic (exact) mass is 180 g/mol. The molecule has 0 heterocycles. The zero-order chi connectivity index (χ0) is 9.68. The molecule has 0 saturated carbocycles. The molecule has 0 bridgehead atoms. The molecule has 0 aliphatic carbocycles. The van der Waals surface area contributed by atoms with Gasteiger partial charge in [0.2, 0.25) is 0 Å². The lowest BCUT2D eigenvalue weighted by molar-refractivity contribution is 0.0960. The molecular weight excluding hydrogens is 164 g/mol. The van der Waals surface area contributed by atoms with Gasteiger partial charge in [-0.05, 0) is 12.5 Å². The fourth-order valence-corrected chi connectivity index (χ4v) is 1.39. The smallest absolute Gasteiger partial charge is 0.0602 e. The van der Waals surface area contributed by atoms with E-state index in [-0.39, 0.29) is 12.0 Å². The second-order valence-electron chi connectivity index (χ2n) is 3.21. The first-order valence-corrected chi connectivity index (χ1v) is 4.47. The van der Waals surface area contributed by atoms with Crippen LogP contribution in [0.2, 0.25) is 0 Å². The Hall–Kier alpha value is -0.860. The Morgan fingerprint density at radius 3 is 2.38 bits per heavy atom. The summed E-state index contributed by atoms with van der Waals surface area (Å²) in [5.74, 6) is 0.0752. The fraction of sp³-hybridized carbons (Fsp3) is 0.455. The van der Waals surface area contributed by atoms with Gasteiger partial charge in [0.25, 0.3) is 0 Å². The van der Waals surface area contributed by atoms with E-state index < -0.39 is 0 Å². The van der Waals surface area contributed by atoms with Crippen molar-refractivity contribution in [2.75, 3.05) is 13.7 Å². The van der Waals surface area contributed by atoms with Crippen molar-refractivity contribution in [3.8, 4) is 0 Å². The number of aliphatic hydroxyl groups is 1. The number of benzene rings is 1. The minimum Gasteiger partial charge on any atom is -0.393 e. The summed E-state index contributed by atoms with van der Waals surface area (Å²) in [6.45, 7) is 2.35. The predicted molar refractivity (Wildman–Crippen MR) is 52.7 cm³/mol. The fourth-order valence-electron chi connectivity index (χ4n) is 1.39. The van der Waals surface area contributed by atoms with Gasteiger partial charge < -0.3 is 9.84 Å². The van der Waals surface area contributed by atoms with E-state index in [1.165, 1.54) is 0 Å². The Labute approximate surface area is 79.2 Å². The normalized spacial score (nSPS) is 15.3. The standard InChI is InChI=1S/C11H16O2/c1-9(12)11(8-13-2)10-6-4-3-5-7-10/h3-7,9,11-12H,8H2,1-2H3. The van der Waals surface area contributed by atoms with Crippen molar-refractivity contribution in [3.05, 3.63) is 35.9 Å². The van der Waals surface area contributed by atoms with Crippen LogP contribution < -0.4 is 0 Å². The van der Waals surface area contributed by atoms with Gasteiger partial charge in [0.1, 0.15) is 0 Å². The van der Waals surface area contributed by atoms with Crippen LogP contribution >= 0.6 is 0 Å². The molecule has 0 fully saturated rings. The number of aliphatic hydroxyl groups excluding tert-OH is 1. The zero-order valence-electron chi connectivity index (χ0n) is 8.10. The second kappa shape index (κ2) is 5.00. The number of rotatable bonds is 4. The number of hydrogen-bond acceptors (Lipinski definition) is 2. The van der Waals surface area contributed by atoms with Gasteiger partial charge >= 0.3 is 0 Å². The summed E-state index contributed by atoms with van der Waals surface area (Å²) in [6.07, 6.45) is -0.373. The summed E-state index contributed by atoms with van der Waals surface area (Å²) in [6, 6.07) is 9.93. The minimum atomic E-state index is -0.373. The Morgan fingerprint density at radius 1 is 1.31 bits per heavy atom. The largest absolute Gasteiger partial charge is 0.393 e. The van der Waals surface area contributed by atoms with Crippen LogP contribution in [0.3, 0.4) is 0 Å². The number of methoxy groups -OCH3 is 1. The molecule has 1 aromatic rings. The Kier molecular flexibility index (Phi) is 3.93. The Morgan fingerprint density at radius 2 is 1.92 bits per heavy atom. The molecule has 2 unspecified atom stereocenters. The van der Waals surface area contributed by atoms with E-state index in [1.54, 1.807) is 14.0 Å². The molecule has 1 rings (SSSR count). The van der Waals surface area contributed by atoms with Gasteiger partial charge in [-0.15, -0.1) is 0 Å². The van der Waals surface area contributed by atoms with Crippen molar-refractivity contribution in [1.29, 1.82) is 0 Å². The molecule has 0 aliphatic rings. The van der Waals surface area contributed by atoms with Crippen LogP contribution in [0, 0.1) is 0 Å². The lowest BCUT2D eigenvalue weighted by Crippen LogP contribution is -2.19. The number of hydrogen-bond donors (Lipinski definition) is 1. The quantitative estimate of drug-likeness (QED) is 0.765. The van der Waals surface area contributed by atoms with E-state index in [0.717, 1.165) is 5.56 Å². The first kappa shape index (κ1) is 10.2. The average Bonchev–Trinajstić information content (AvgIpc) is 2.15. The Bertz CT molecular complexity index is 231. The van der Waals surface area contributed by atoms with Crippen LogP contribution in [-0.2, 0) is 4.74 Å². The Balaban J connectivity index is 2.76. The van der Waals surface area contributed by atoms with Crippen LogP contribution in [-0.4, -0.2) is 24.9 Å². The van der Waals surface area contributed by atoms with Crippen molar-refractivity contribution < 1.29 is 9.84 Å². The molecule has 0 aliphatic heterocycles. The maximum Gasteiger partial charge on any atom is 0.0602 e. The van der Waals surface area contributed by atoms with Gasteiger partial charge in [0.05, 0.1) is 12.7 Å². The van der Waals surface area contributed by atoms with Crippen LogP contribution in [0.1, 0.15) is 18.4 Å². The molecule has 0 saturated heterocycles. The summed E-state index contributed by atoms with van der Waals surface area (Å²) < 4.78 is 5.06. The minimum absolute atomic E-state index is 0.0752. The summed E-state index contributed by atoms with van der Waals surface area (Å²) in [7, 11) is 1.65. The van der Waals surface area contributed by atoms with Crippen molar-refractivity contribution in [2.45, 2.75) is 18.9 Å². The zero-order valence-corrected chi connectivity index (χ0v) is 8.10. The molecular formula is C11H16O2. The van der Waals surface area contributed by atoms with E-state index in [9.17, 15) is 5.11 Å². The summed E-state index contributed by atoms with van der Waals surface area (Å²) in [5.41, 5.74) is 1.12. The highest BCUT2D eigenvalue weighted by Crippen LogP contribution is 2.19. The van der Waals surface area contributed by atoms with Gasteiger partial charge in [-0.3, -0.25) is 0 Å². The predicted octanol–water partition coefficient (Wildman–Crippen LogP) is 1.80. The molecule has 0 spiro atoms. The van der Waals surface area contributed by atoms with E-state index >= 15 is 0 Å². The molecule has 0 aromatic heterocycles. The average molecular weight is 180 g/mol. The third-order valence-corrected chi connectivity index (χ3v) is 2.16. The molecule has 1 aromatic carbocycles. The summed E-state index contributed by atoms with van der Waals surface area (Å²) >= 11 is 0. The SMILES string of the molecule is COCC(c1ccccc1)C(C)O. The van der Waals surface area contributed by atoms with E-state index in [4.69, 9.17) is 4.74 Å². The molecule has 0 amide bonds. The summed E-state index contributed by atoms with van der Waals surface area (Å²) in [4.78, 5) is 0. The van der Waals surface area contributed by atoms with Gasteiger partial charge in [0, 0.05) is 13.0 Å². The van der Waals surface area contributed by atoms with Gasteiger partial charge in [0.15, 0.2) is 0 Å². The van der Waals surface area contributed by atoms with E-state index in [0.29, 0.717) is 6.61 Å². The molecule has 0 radical (unpaired) electrons. The molecule has 2 atom stereocenters. The third kappa shape index (κ3) is 2.83. The molecule has 1 N–H and O–H groups in total. The second-order valence-corrected chi connectivity index (χ2v) is 3.21. The topological polar surface area (TPSA) is 29.5 Å². The highest BCUT2D eigenvalue weighted by molar-refractivity contribution is 5.20. The van der Waals surface area contributed by atoms with Crippen LogP contribution in [0.4, 0.5) is 0 Å². The maximum absolute atomic E-state index is 9.52. The van der Waals surface area contributed by atoms with Crippen molar-refractivity contribution >= 4 is 0 Å². The van der Waals surface area contributed by atoms with E-state index in [2.05, 4.69) is 0 Å². The lowest BCUT2D eigenvalue weighted by Gasteiger charge is -2.19. The van der Waals surface area contributed by atoms with Crippen molar-refractivity contribution in [1.82, 2.24) is 0 Å². The molecule has 13 heavy (non-hydrogen) atoms. The van der Waals surface area contributed by atoms with Crippen LogP contribution in [0.25, 0.3) is 0 Å². The molecule has 2 nitrogen and oxygen atoms in total. The molecule has 72 valence electrons. The maximum atomic E-state index is 9.52.